The molecule has 0 aromatic carbocycles. The van der Waals surface area contributed by atoms with Gasteiger partial charge < -0.3 is 0 Å². The molecule has 2 rings (SSSR count). The summed E-state index contributed by atoms with van der Waals surface area (Å²) in [6.07, 6.45) is 9.57. The van der Waals surface area contributed by atoms with Crippen molar-refractivity contribution in [3.63, 3.8) is 0 Å². The van der Waals surface area contributed by atoms with Crippen LogP contribution in [0.25, 0.3) is 0 Å². The van der Waals surface area contributed by atoms with Crippen LogP contribution in [-0.2, 0) is 0 Å². The minimum atomic E-state index is 0.587. The van der Waals surface area contributed by atoms with Gasteiger partial charge in [0, 0.05) is 10.7 Å². The van der Waals surface area contributed by atoms with Gasteiger partial charge in [0.1, 0.15) is 0 Å². The third kappa shape index (κ3) is 1.82. The van der Waals surface area contributed by atoms with Crippen LogP contribution in [0.15, 0.2) is 39.7 Å². The van der Waals surface area contributed by atoms with E-state index in [4.69, 9.17) is 0 Å². The quantitative estimate of drug-likeness (QED) is 0.646. The second-order valence-electron chi connectivity index (χ2n) is 3.72. The standard InChI is InChI=1S/C11H13BrN2/c1-8-3-4-11-10(12)7-9(2)13-14(11)6-5-8/h4-8H,3H2,1-2H3. The molecule has 14 heavy (non-hydrogen) atoms. The second-order valence-corrected chi connectivity index (χ2v) is 4.58. The van der Waals surface area contributed by atoms with Crippen LogP contribution < -0.4 is 0 Å². The molecule has 74 valence electrons. The molecule has 2 nitrogen and oxygen atoms in total. The number of halogens is 1. The van der Waals surface area contributed by atoms with Crippen molar-refractivity contribution in [1.82, 2.24) is 5.01 Å². The van der Waals surface area contributed by atoms with Crippen molar-refractivity contribution < 1.29 is 0 Å². The first-order valence-corrected chi connectivity index (χ1v) is 5.56. The number of rotatable bonds is 0. The Morgan fingerprint density at radius 2 is 2.36 bits per heavy atom. The molecule has 3 heteroatoms. The van der Waals surface area contributed by atoms with E-state index in [1.165, 1.54) is 0 Å². The molecule has 2 aliphatic rings. The van der Waals surface area contributed by atoms with Gasteiger partial charge in [-0.3, -0.25) is 0 Å². The first-order valence-electron chi connectivity index (χ1n) is 4.77. The molecule has 0 aromatic heterocycles. The monoisotopic (exact) mass is 252 g/mol. The summed E-state index contributed by atoms with van der Waals surface area (Å²) in [6, 6.07) is 0. The molecule has 0 aromatic rings. The third-order valence-corrected chi connectivity index (χ3v) is 2.97. The second kappa shape index (κ2) is 3.73. The highest BCUT2D eigenvalue weighted by Crippen LogP contribution is 2.29. The van der Waals surface area contributed by atoms with Gasteiger partial charge in [-0.05, 0) is 41.3 Å². The Hall–Kier alpha value is -0.830. The fourth-order valence-corrected chi connectivity index (χ4v) is 2.20. The van der Waals surface area contributed by atoms with Crippen LogP contribution in [0, 0.1) is 5.92 Å². The first-order chi connectivity index (χ1) is 6.66. The van der Waals surface area contributed by atoms with Crippen molar-refractivity contribution in [3.8, 4) is 0 Å². The SMILES string of the molecule is CC1=NN2C=CC(C)CC=C2C(Br)=C1. The van der Waals surface area contributed by atoms with Gasteiger partial charge in [-0.1, -0.05) is 19.1 Å². The van der Waals surface area contributed by atoms with E-state index in [1.54, 1.807) is 0 Å². The number of nitrogens with zero attached hydrogens (tertiary/aromatic N) is 2. The highest BCUT2D eigenvalue weighted by atomic mass is 79.9. The smallest absolute Gasteiger partial charge is 0.0748 e. The van der Waals surface area contributed by atoms with Gasteiger partial charge in [0.15, 0.2) is 0 Å². The summed E-state index contributed by atoms with van der Waals surface area (Å²) >= 11 is 3.56. The maximum absolute atomic E-state index is 4.44. The maximum Gasteiger partial charge on any atom is 0.0748 e. The van der Waals surface area contributed by atoms with Gasteiger partial charge in [-0.2, -0.15) is 5.10 Å². The highest BCUT2D eigenvalue weighted by Gasteiger charge is 2.16. The van der Waals surface area contributed by atoms with E-state index in [0.29, 0.717) is 5.92 Å². The van der Waals surface area contributed by atoms with Crippen LogP contribution in [-0.4, -0.2) is 10.7 Å². The average Bonchev–Trinajstić information content (AvgIpc) is 2.28. The molecule has 0 radical (unpaired) electrons. The molecule has 1 atom stereocenters. The first kappa shape index (κ1) is 9.71. The molecule has 0 bridgehead atoms. The Balaban J connectivity index is 2.39. The van der Waals surface area contributed by atoms with E-state index in [-0.39, 0.29) is 0 Å². The van der Waals surface area contributed by atoms with Crippen molar-refractivity contribution in [2.75, 3.05) is 0 Å². The fraction of sp³-hybridized carbons (Fsp3) is 0.364. The Labute approximate surface area is 92.8 Å². The highest BCUT2D eigenvalue weighted by molar-refractivity contribution is 9.12. The lowest BCUT2D eigenvalue weighted by Crippen LogP contribution is -2.15. The Morgan fingerprint density at radius 1 is 1.57 bits per heavy atom. The van der Waals surface area contributed by atoms with Gasteiger partial charge in [-0.15, -0.1) is 0 Å². The van der Waals surface area contributed by atoms with E-state index >= 15 is 0 Å². The van der Waals surface area contributed by atoms with Crippen molar-refractivity contribution >= 4 is 21.6 Å². The zero-order valence-corrected chi connectivity index (χ0v) is 9.95. The number of hydrazone groups is 1. The summed E-state index contributed by atoms with van der Waals surface area (Å²) < 4.78 is 1.11. The zero-order chi connectivity index (χ0) is 10.1. The van der Waals surface area contributed by atoms with Crippen LogP contribution >= 0.6 is 15.9 Å². The Bertz CT molecular complexity index is 363. The van der Waals surface area contributed by atoms with Gasteiger partial charge in [0.05, 0.1) is 11.4 Å². The fourth-order valence-electron chi connectivity index (χ4n) is 1.53. The molecule has 0 saturated carbocycles. The molecular weight excluding hydrogens is 240 g/mol. The minimum absolute atomic E-state index is 0.587. The summed E-state index contributed by atoms with van der Waals surface area (Å²) in [6.45, 7) is 4.21. The average molecular weight is 253 g/mol. The van der Waals surface area contributed by atoms with Crippen LogP contribution in [0.4, 0.5) is 0 Å². The lowest BCUT2D eigenvalue weighted by molar-refractivity contribution is 0.508. The number of allylic oxidation sites excluding steroid dienone is 4. The normalized spacial score (nSPS) is 26.1. The van der Waals surface area contributed by atoms with E-state index in [0.717, 1.165) is 22.3 Å². The van der Waals surface area contributed by atoms with Gasteiger partial charge in [0.25, 0.3) is 0 Å². The molecule has 2 heterocycles. The number of hydrogen-bond donors (Lipinski definition) is 0. The largest absolute Gasteiger partial charge is 0.240 e. The molecule has 1 unspecified atom stereocenters. The van der Waals surface area contributed by atoms with E-state index in [1.807, 2.05) is 24.2 Å². The maximum atomic E-state index is 4.44. The molecule has 0 amide bonds. The lowest BCUT2D eigenvalue weighted by Gasteiger charge is -2.21. The van der Waals surface area contributed by atoms with Gasteiger partial charge >= 0.3 is 0 Å². The molecule has 2 aliphatic heterocycles. The Kier molecular flexibility index (Phi) is 2.59. The molecule has 0 aliphatic carbocycles. The summed E-state index contributed by atoms with van der Waals surface area (Å²) in [4.78, 5) is 0. The molecule has 0 N–H and O–H groups in total. The van der Waals surface area contributed by atoms with Crippen LogP contribution in [0.5, 0.6) is 0 Å². The van der Waals surface area contributed by atoms with Crippen molar-refractivity contribution in [2.24, 2.45) is 11.0 Å². The summed E-state index contributed by atoms with van der Waals surface area (Å²) in [7, 11) is 0. The van der Waals surface area contributed by atoms with Crippen molar-refractivity contribution in [2.45, 2.75) is 20.3 Å². The predicted octanol–water partition coefficient (Wildman–Crippen LogP) is 3.39. The van der Waals surface area contributed by atoms with E-state index in [2.05, 4.69) is 40.1 Å². The number of fused-ring (bicyclic) bond motifs is 1. The summed E-state index contributed by atoms with van der Waals surface area (Å²) in [5.74, 6) is 0.587. The van der Waals surface area contributed by atoms with Gasteiger partial charge in [0.2, 0.25) is 0 Å². The molecular formula is C11H13BrN2. The van der Waals surface area contributed by atoms with E-state index < -0.39 is 0 Å². The summed E-state index contributed by atoms with van der Waals surface area (Å²) in [5.41, 5.74) is 2.17. The van der Waals surface area contributed by atoms with E-state index in [9.17, 15) is 0 Å². The summed E-state index contributed by atoms with van der Waals surface area (Å²) in [5, 5.41) is 6.37. The molecule has 0 fully saturated rings. The predicted molar refractivity (Wildman–Crippen MR) is 63.0 cm³/mol. The molecule has 0 spiro atoms. The zero-order valence-electron chi connectivity index (χ0n) is 8.37. The van der Waals surface area contributed by atoms with Crippen molar-refractivity contribution in [1.29, 1.82) is 0 Å². The van der Waals surface area contributed by atoms with Gasteiger partial charge in [-0.25, -0.2) is 5.01 Å². The third-order valence-electron chi connectivity index (χ3n) is 2.33. The topological polar surface area (TPSA) is 15.6 Å². The van der Waals surface area contributed by atoms with Crippen LogP contribution in [0.3, 0.4) is 0 Å². The van der Waals surface area contributed by atoms with Crippen LogP contribution in [0.1, 0.15) is 20.3 Å². The number of hydrogen-bond acceptors (Lipinski definition) is 2. The Morgan fingerprint density at radius 3 is 3.14 bits per heavy atom. The van der Waals surface area contributed by atoms with Crippen molar-refractivity contribution in [3.05, 3.63) is 34.6 Å². The van der Waals surface area contributed by atoms with Crippen LogP contribution in [0.2, 0.25) is 0 Å². The molecule has 0 saturated heterocycles. The lowest BCUT2D eigenvalue weighted by atomic mass is 10.1. The minimum Gasteiger partial charge on any atom is -0.240 e.